The summed E-state index contributed by atoms with van der Waals surface area (Å²) in [5.74, 6) is 0.790. The van der Waals surface area contributed by atoms with Gasteiger partial charge >= 0.3 is 0 Å². The first-order valence-corrected chi connectivity index (χ1v) is 11.0. The van der Waals surface area contributed by atoms with Crippen molar-refractivity contribution >= 4 is 37.7 Å². The van der Waals surface area contributed by atoms with Crippen LogP contribution in [0.4, 0.5) is 5.69 Å². The third-order valence-corrected chi connectivity index (χ3v) is 7.70. The van der Waals surface area contributed by atoms with E-state index in [9.17, 15) is 8.42 Å². The molecule has 0 radical (unpaired) electrons. The molecule has 1 aliphatic heterocycles. The smallest absolute Gasteiger partial charge is 0.281 e. The van der Waals surface area contributed by atoms with Crippen molar-refractivity contribution in [3.63, 3.8) is 0 Å². The summed E-state index contributed by atoms with van der Waals surface area (Å²) in [5, 5.41) is 2.31. The Bertz CT molecular complexity index is 1180. The highest BCUT2D eigenvalue weighted by Gasteiger charge is 2.30. The summed E-state index contributed by atoms with van der Waals surface area (Å²) in [6.07, 6.45) is 1.84. The summed E-state index contributed by atoms with van der Waals surface area (Å²) in [7, 11) is 3.46. The van der Waals surface area contributed by atoms with E-state index >= 15 is 0 Å². The van der Waals surface area contributed by atoms with Gasteiger partial charge in [0.2, 0.25) is 0 Å². The zero-order valence-electron chi connectivity index (χ0n) is 17.5. The average Bonchev–Trinajstić information content (AvgIpc) is 2.99. The highest BCUT2D eigenvalue weighted by atomic mass is 32.2. The molecule has 29 heavy (non-hydrogen) atoms. The molecule has 1 fully saturated rings. The molecule has 3 heterocycles. The Morgan fingerprint density at radius 2 is 1.79 bits per heavy atom. The fourth-order valence-electron chi connectivity index (χ4n) is 4.17. The number of aromatic nitrogens is 2. The highest BCUT2D eigenvalue weighted by Crippen LogP contribution is 2.38. The number of methoxy groups -OCH3 is 1. The van der Waals surface area contributed by atoms with Gasteiger partial charge in [0.15, 0.2) is 0 Å². The van der Waals surface area contributed by atoms with Crippen LogP contribution in [0.15, 0.2) is 24.4 Å². The Morgan fingerprint density at radius 1 is 1.10 bits per heavy atom. The van der Waals surface area contributed by atoms with Gasteiger partial charge in [-0.25, -0.2) is 0 Å². The number of hydrogen-bond donors (Lipinski definition) is 0. The maximum Gasteiger partial charge on any atom is 0.281 e. The van der Waals surface area contributed by atoms with E-state index in [0.29, 0.717) is 26.2 Å². The minimum Gasteiger partial charge on any atom is -0.495 e. The highest BCUT2D eigenvalue weighted by molar-refractivity contribution is 7.86. The Kier molecular flexibility index (Phi) is 4.92. The van der Waals surface area contributed by atoms with E-state index in [-0.39, 0.29) is 0 Å². The van der Waals surface area contributed by atoms with Gasteiger partial charge in [-0.1, -0.05) is 0 Å². The average molecular weight is 418 g/mol. The van der Waals surface area contributed by atoms with Gasteiger partial charge in [0.25, 0.3) is 10.2 Å². The van der Waals surface area contributed by atoms with Crippen LogP contribution < -0.4 is 9.64 Å². The van der Waals surface area contributed by atoms with E-state index in [4.69, 9.17) is 4.74 Å². The normalized spacial score (nSPS) is 16.3. The number of benzene rings is 1. The van der Waals surface area contributed by atoms with E-state index in [0.717, 1.165) is 38.9 Å². The summed E-state index contributed by atoms with van der Waals surface area (Å²) in [6, 6.07) is 6.27. The quantitative estimate of drug-likeness (QED) is 0.649. The van der Waals surface area contributed by atoms with Gasteiger partial charge in [-0.15, -0.1) is 0 Å². The summed E-state index contributed by atoms with van der Waals surface area (Å²) in [4.78, 5) is 6.64. The van der Waals surface area contributed by atoms with Gasteiger partial charge < -0.3 is 14.2 Å². The Hall–Kier alpha value is -2.36. The molecule has 2 aromatic heterocycles. The van der Waals surface area contributed by atoms with E-state index in [1.165, 1.54) is 8.61 Å². The molecule has 0 spiro atoms. The van der Waals surface area contributed by atoms with Crippen LogP contribution in [0.2, 0.25) is 0 Å². The molecule has 1 aliphatic rings. The van der Waals surface area contributed by atoms with Crippen molar-refractivity contribution in [2.24, 2.45) is 7.05 Å². The lowest BCUT2D eigenvalue weighted by Gasteiger charge is -2.36. The molecule has 0 saturated carbocycles. The van der Waals surface area contributed by atoms with Crippen LogP contribution in [-0.2, 0) is 17.3 Å². The van der Waals surface area contributed by atoms with Crippen LogP contribution in [0.3, 0.4) is 0 Å². The molecule has 0 unspecified atom stereocenters. The van der Waals surface area contributed by atoms with Crippen LogP contribution >= 0.6 is 0 Å². The van der Waals surface area contributed by atoms with Gasteiger partial charge in [-0.2, -0.15) is 17.0 Å². The van der Waals surface area contributed by atoms with Crippen molar-refractivity contribution in [1.29, 1.82) is 0 Å². The summed E-state index contributed by atoms with van der Waals surface area (Å²) >= 11 is 0. The number of hydrogen-bond acceptors (Lipinski definition) is 5. The van der Waals surface area contributed by atoms with Crippen LogP contribution in [0.25, 0.3) is 21.8 Å². The Labute approximate surface area is 171 Å². The number of ether oxygens (including phenoxy) is 1. The van der Waals surface area contributed by atoms with Crippen LogP contribution in [0, 0.1) is 6.92 Å². The second kappa shape index (κ2) is 7.16. The van der Waals surface area contributed by atoms with Gasteiger partial charge in [0.1, 0.15) is 5.75 Å². The largest absolute Gasteiger partial charge is 0.495 e. The number of anilines is 1. The molecule has 1 saturated heterocycles. The van der Waals surface area contributed by atoms with Gasteiger partial charge in [0, 0.05) is 70.4 Å². The molecule has 0 bridgehead atoms. The van der Waals surface area contributed by atoms with Crippen molar-refractivity contribution < 1.29 is 13.2 Å². The molecule has 8 nitrogen and oxygen atoms in total. The first kappa shape index (κ1) is 19.9. The van der Waals surface area contributed by atoms with Crippen molar-refractivity contribution in [2.45, 2.75) is 6.92 Å². The van der Waals surface area contributed by atoms with Crippen molar-refractivity contribution in [3.8, 4) is 5.75 Å². The molecule has 9 heteroatoms. The van der Waals surface area contributed by atoms with Gasteiger partial charge in [-0.3, -0.25) is 4.98 Å². The molecule has 0 N–H and O–H groups in total. The molecular weight excluding hydrogens is 390 g/mol. The fraction of sp³-hybridized carbons (Fsp3) is 0.450. The van der Waals surface area contributed by atoms with Crippen LogP contribution in [-0.4, -0.2) is 74.0 Å². The summed E-state index contributed by atoms with van der Waals surface area (Å²) in [5.41, 5.74) is 4.18. The topological polar surface area (TPSA) is 70.9 Å². The third kappa shape index (κ3) is 3.13. The predicted molar refractivity (Wildman–Crippen MR) is 116 cm³/mol. The van der Waals surface area contributed by atoms with E-state index < -0.39 is 10.2 Å². The second-order valence-electron chi connectivity index (χ2n) is 7.57. The molecule has 3 aromatic rings. The van der Waals surface area contributed by atoms with Crippen molar-refractivity contribution in [1.82, 2.24) is 18.2 Å². The molecule has 0 atom stereocenters. The Morgan fingerprint density at radius 3 is 2.41 bits per heavy atom. The maximum atomic E-state index is 12.4. The standard InChI is InChI=1S/C20H27N5O3S/c1-14-20-15(6-7-21-14)16-12-18(19(28-5)13-17(16)23(20)4)24-8-10-25(11-9-24)29(26,27)22(2)3/h6-7,12-13H,8-11H2,1-5H3. The molecule has 1 aromatic carbocycles. The zero-order valence-corrected chi connectivity index (χ0v) is 18.3. The van der Waals surface area contributed by atoms with Gasteiger partial charge in [-0.05, 0) is 19.1 Å². The summed E-state index contributed by atoms with van der Waals surface area (Å²) in [6.45, 7) is 4.13. The minimum absolute atomic E-state index is 0.445. The minimum atomic E-state index is -3.39. The lowest BCUT2D eigenvalue weighted by Crippen LogP contribution is -2.51. The van der Waals surface area contributed by atoms with Crippen molar-refractivity contribution in [2.75, 3.05) is 52.3 Å². The number of piperazine rings is 1. The lowest BCUT2D eigenvalue weighted by molar-refractivity contribution is 0.353. The summed E-state index contributed by atoms with van der Waals surface area (Å²) < 4.78 is 35.5. The molecular formula is C20H27N5O3S. The maximum absolute atomic E-state index is 12.4. The first-order chi connectivity index (χ1) is 13.8. The fourth-order valence-corrected chi connectivity index (χ4v) is 5.26. The Balaban J connectivity index is 1.75. The zero-order chi connectivity index (χ0) is 20.9. The molecule has 156 valence electrons. The van der Waals surface area contributed by atoms with E-state index in [2.05, 4.69) is 26.6 Å². The second-order valence-corrected chi connectivity index (χ2v) is 9.71. The van der Waals surface area contributed by atoms with Crippen molar-refractivity contribution in [3.05, 3.63) is 30.1 Å². The third-order valence-electron chi connectivity index (χ3n) is 5.76. The number of aryl methyl sites for hydroxylation is 2. The number of pyridine rings is 1. The predicted octanol–water partition coefficient (Wildman–Crippen LogP) is 1.97. The number of fused-ring (bicyclic) bond motifs is 3. The number of rotatable bonds is 4. The molecule has 0 aliphatic carbocycles. The van der Waals surface area contributed by atoms with Crippen LogP contribution in [0.1, 0.15) is 5.69 Å². The number of nitrogens with zero attached hydrogens (tertiary/aromatic N) is 5. The first-order valence-electron chi connectivity index (χ1n) is 9.60. The lowest BCUT2D eigenvalue weighted by atomic mass is 10.1. The van der Waals surface area contributed by atoms with Crippen LogP contribution in [0.5, 0.6) is 5.75 Å². The van der Waals surface area contributed by atoms with E-state index in [1.807, 2.05) is 26.2 Å². The van der Waals surface area contributed by atoms with Gasteiger partial charge in [0.05, 0.1) is 29.5 Å². The van der Waals surface area contributed by atoms with E-state index in [1.54, 1.807) is 21.2 Å². The molecule has 4 rings (SSSR count). The molecule has 0 amide bonds. The monoisotopic (exact) mass is 417 g/mol. The SMILES string of the molecule is COc1cc2c(cc1N1CCN(S(=O)(=O)N(C)C)CC1)c1ccnc(C)c1n2C.